The quantitative estimate of drug-likeness (QED) is 0.559. The first-order chi connectivity index (χ1) is 9.60. The first-order valence-corrected chi connectivity index (χ1v) is 6.53. The maximum Gasteiger partial charge on any atom is 0.231 e. The molecule has 98 valence electrons. The van der Waals surface area contributed by atoms with Crippen molar-refractivity contribution in [3.8, 4) is 6.07 Å². The monoisotopic (exact) mass is 321 g/mol. The summed E-state index contributed by atoms with van der Waals surface area (Å²) in [5, 5.41) is 12.2. The lowest BCUT2D eigenvalue weighted by Gasteiger charge is -2.14. The largest absolute Gasteiger partial charge is 0.363 e. The van der Waals surface area contributed by atoms with E-state index < -0.39 is 0 Å². The third-order valence-corrected chi connectivity index (χ3v) is 3.78. The molecule has 0 atom stereocenters. The van der Waals surface area contributed by atoms with Crippen LogP contribution in [0.15, 0.2) is 30.3 Å². The minimum absolute atomic E-state index is 0.00273. The Morgan fingerprint density at radius 2 is 1.70 bits per heavy atom. The first-order valence-electron chi connectivity index (χ1n) is 5.40. The van der Waals surface area contributed by atoms with Crippen molar-refractivity contribution in [2.45, 2.75) is 0 Å². The lowest BCUT2D eigenvalue weighted by atomic mass is 10.1. The van der Waals surface area contributed by atoms with E-state index in [9.17, 15) is 0 Å². The molecule has 0 aliphatic heterocycles. The van der Waals surface area contributed by atoms with Crippen LogP contribution in [0.2, 0.25) is 15.1 Å². The Morgan fingerprint density at radius 3 is 2.25 bits per heavy atom. The number of rotatable bonds is 2. The second kappa shape index (κ2) is 6.03. The minimum atomic E-state index is -0.00432. The van der Waals surface area contributed by atoms with Crippen LogP contribution >= 0.6 is 34.8 Å². The normalized spacial score (nSPS) is 9.65. The van der Waals surface area contributed by atoms with Crippen molar-refractivity contribution in [2.75, 3.05) is 5.32 Å². The first kappa shape index (κ1) is 14.5. The van der Waals surface area contributed by atoms with Crippen LogP contribution in [0.25, 0.3) is 4.85 Å². The number of nitriles is 1. The summed E-state index contributed by atoms with van der Waals surface area (Å²) in [4.78, 5) is 3.34. The molecule has 0 fully saturated rings. The van der Waals surface area contributed by atoms with Crippen LogP contribution in [0.3, 0.4) is 0 Å². The maximum atomic E-state index is 9.02. The van der Waals surface area contributed by atoms with E-state index in [0.29, 0.717) is 5.69 Å². The second-order valence-electron chi connectivity index (χ2n) is 3.76. The fourth-order valence-electron chi connectivity index (χ4n) is 1.63. The summed E-state index contributed by atoms with van der Waals surface area (Å²) in [7, 11) is 0. The maximum absolute atomic E-state index is 9.02. The molecule has 0 heterocycles. The van der Waals surface area contributed by atoms with Gasteiger partial charge in [0.15, 0.2) is 0 Å². The third kappa shape index (κ3) is 2.53. The van der Waals surface area contributed by atoms with Crippen LogP contribution in [0.4, 0.5) is 17.1 Å². The Balaban J connectivity index is 2.65. The molecule has 0 spiro atoms. The molecule has 3 nitrogen and oxygen atoms in total. The molecule has 6 heteroatoms. The van der Waals surface area contributed by atoms with E-state index >= 15 is 0 Å². The van der Waals surface area contributed by atoms with E-state index in [1.807, 2.05) is 36.4 Å². The molecule has 0 radical (unpaired) electrons. The van der Waals surface area contributed by atoms with Gasteiger partial charge in [-0.05, 0) is 12.1 Å². The molecule has 0 amide bonds. The summed E-state index contributed by atoms with van der Waals surface area (Å²) in [5.41, 5.74) is 1.10. The summed E-state index contributed by atoms with van der Waals surface area (Å²) in [6.07, 6.45) is 0. The zero-order valence-corrected chi connectivity index (χ0v) is 12.2. The molecule has 0 bridgehead atoms. The van der Waals surface area contributed by atoms with Gasteiger partial charge in [0, 0.05) is 5.69 Å². The van der Waals surface area contributed by atoms with Crippen molar-refractivity contribution in [3.05, 3.63) is 62.4 Å². The highest BCUT2D eigenvalue weighted by atomic mass is 35.5. The molecule has 2 aromatic rings. The number of benzene rings is 2. The molecule has 0 aliphatic rings. The average Bonchev–Trinajstić information content (AvgIpc) is 2.46. The fraction of sp³-hybridized carbons (Fsp3) is 0. The molecule has 0 saturated heterocycles. The minimum Gasteiger partial charge on any atom is -0.363 e. The summed E-state index contributed by atoms with van der Waals surface area (Å²) in [6, 6.07) is 11.0. The zero-order valence-electron chi connectivity index (χ0n) is 9.92. The highest BCUT2D eigenvalue weighted by molar-refractivity contribution is 6.47. The van der Waals surface area contributed by atoms with Gasteiger partial charge < -0.3 is 5.32 Å². The van der Waals surface area contributed by atoms with Crippen LogP contribution in [-0.4, -0.2) is 0 Å². The summed E-state index contributed by atoms with van der Waals surface area (Å²) >= 11 is 18.2. The molecule has 1 N–H and O–H groups in total. The van der Waals surface area contributed by atoms with Crippen molar-refractivity contribution >= 4 is 51.9 Å². The van der Waals surface area contributed by atoms with Crippen molar-refractivity contribution < 1.29 is 0 Å². The summed E-state index contributed by atoms with van der Waals surface area (Å²) < 4.78 is 0. The zero-order chi connectivity index (χ0) is 14.7. The highest BCUT2D eigenvalue weighted by Crippen LogP contribution is 2.47. The van der Waals surface area contributed by atoms with Crippen molar-refractivity contribution in [3.63, 3.8) is 0 Å². The van der Waals surface area contributed by atoms with E-state index in [0.717, 1.165) is 5.69 Å². The second-order valence-corrected chi connectivity index (χ2v) is 4.89. The van der Waals surface area contributed by atoms with Gasteiger partial charge in [0.05, 0.1) is 32.9 Å². The van der Waals surface area contributed by atoms with Gasteiger partial charge >= 0.3 is 0 Å². The molecule has 0 aromatic heterocycles. The van der Waals surface area contributed by atoms with Crippen molar-refractivity contribution in [1.82, 2.24) is 0 Å². The molecule has 20 heavy (non-hydrogen) atoms. The van der Waals surface area contributed by atoms with Gasteiger partial charge in [-0.1, -0.05) is 53.0 Å². The van der Waals surface area contributed by atoms with Crippen LogP contribution in [0.5, 0.6) is 0 Å². The van der Waals surface area contributed by atoms with E-state index in [-0.39, 0.29) is 26.3 Å². The van der Waals surface area contributed by atoms with Gasteiger partial charge in [-0.2, -0.15) is 5.26 Å². The molecular weight excluding hydrogens is 317 g/mol. The van der Waals surface area contributed by atoms with E-state index in [1.54, 1.807) is 0 Å². The smallest absolute Gasteiger partial charge is 0.231 e. The number of hydrogen-bond donors (Lipinski definition) is 1. The number of nitrogens with zero attached hydrogens (tertiary/aromatic N) is 2. The van der Waals surface area contributed by atoms with Gasteiger partial charge in [-0.25, -0.2) is 4.85 Å². The molecule has 0 aliphatic carbocycles. The molecule has 2 aromatic carbocycles. The van der Waals surface area contributed by atoms with Crippen LogP contribution in [0, 0.1) is 17.9 Å². The lowest BCUT2D eigenvalue weighted by molar-refractivity contribution is 1.48. The molecule has 0 unspecified atom stereocenters. The Kier molecular flexibility index (Phi) is 4.37. The van der Waals surface area contributed by atoms with E-state index in [4.69, 9.17) is 46.6 Å². The fourth-order valence-corrected chi connectivity index (χ4v) is 2.42. The SMILES string of the molecule is [C-]#[N+]c1c(Cl)c(C#N)c(Cl)c(Cl)c1Nc1ccccc1. The predicted molar refractivity (Wildman–Crippen MR) is 82.2 cm³/mol. The van der Waals surface area contributed by atoms with Gasteiger partial charge in [-0.15, -0.1) is 0 Å². The van der Waals surface area contributed by atoms with Crippen molar-refractivity contribution in [2.24, 2.45) is 0 Å². The number of anilines is 2. The Bertz CT molecular complexity index is 743. The molecule has 0 saturated carbocycles. The summed E-state index contributed by atoms with van der Waals surface area (Å²) in [5.74, 6) is 0. The number of halogens is 3. The van der Waals surface area contributed by atoms with Gasteiger partial charge in [0.1, 0.15) is 6.07 Å². The summed E-state index contributed by atoms with van der Waals surface area (Å²) in [6.45, 7) is 7.22. The Hall–Kier alpha value is -1.91. The number of para-hydroxylation sites is 1. The van der Waals surface area contributed by atoms with Crippen molar-refractivity contribution in [1.29, 1.82) is 5.26 Å². The average molecular weight is 323 g/mol. The molecular formula is C14H6Cl3N3. The van der Waals surface area contributed by atoms with E-state index in [1.165, 1.54) is 0 Å². The van der Waals surface area contributed by atoms with Gasteiger partial charge in [-0.3, -0.25) is 0 Å². The predicted octanol–water partition coefficient (Wildman–Crippen LogP) is 5.81. The standard InChI is InChI=1S/C14H6Cl3N3/c1-19-13-11(16)9(7-18)10(15)12(17)14(13)20-8-5-3-2-4-6-8/h2-6,20H. The Labute approximate surface area is 131 Å². The lowest BCUT2D eigenvalue weighted by Crippen LogP contribution is -1.94. The van der Waals surface area contributed by atoms with Gasteiger partial charge in [0.25, 0.3) is 0 Å². The molecule has 2 rings (SSSR count). The van der Waals surface area contributed by atoms with E-state index in [2.05, 4.69) is 10.2 Å². The van der Waals surface area contributed by atoms with Gasteiger partial charge in [0.2, 0.25) is 5.69 Å². The van der Waals surface area contributed by atoms with Crippen LogP contribution in [0.1, 0.15) is 5.56 Å². The number of nitrogens with one attached hydrogen (secondary N) is 1. The third-order valence-electron chi connectivity index (χ3n) is 2.56. The Morgan fingerprint density at radius 1 is 1.05 bits per heavy atom. The van der Waals surface area contributed by atoms with Crippen LogP contribution in [-0.2, 0) is 0 Å². The highest BCUT2D eigenvalue weighted by Gasteiger charge is 2.21. The topological polar surface area (TPSA) is 40.2 Å². The number of hydrogen-bond acceptors (Lipinski definition) is 2. The van der Waals surface area contributed by atoms with Crippen LogP contribution < -0.4 is 5.32 Å².